The Bertz CT molecular complexity index is 957. The highest BCUT2D eigenvalue weighted by Crippen LogP contribution is 2.31. The van der Waals surface area contributed by atoms with Crippen molar-refractivity contribution in [1.29, 1.82) is 0 Å². The van der Waals surface area contributed by atoms with Crippen molar-refractivity contribution in [3.05, 3.63) is 58.9 Å². The summed E-state index contributed by atoms with van der Waals surface area (Å²) >= 11 is 0.977. The minimum atomic E-state index is -2.71. The van der Waals surface area contributed by atoms with Gasteiger partial charge in [-0.2, -0.15) is 8.78 Å². The number of thioether (sulfide) groups is 2. The van der Waals surface area contributed by atoms with Crippen LogP contribution < -0.4 is 5.32 Å². The molecule has 3 amide bonds. The summed E-state index contributed by atoms with van der Waals surface area (Å²) in [5.74, 6) is -3.79. The van der Waals surface area contributed by atoms with Crippen LogP contribution in [0.25, 0.3) is 6.08 Å². The second-order valence-electron chi connectivity index (χ2n) is 5.61. The Hall–Kier alpha value is -2.79. The van der Waals surface area contributed by atoms with Crippen LogP contribution in [0.15, 0.2) is 52.8 Å². The number of pyridine rings is 2. The zero-order valence-electron chi connectivity index (χ0n) is 14.7. The third-order valence-corrected chi connectivity index (χ3v) is 5.33. The fourth-order valence-corrected chi connectivity index (χ4v) is 3.87. The van der Waals surface area contributed by atoms with Gasteiger partial charge >= 0.3 is 0 Å². The monoisotopic (exact) mass is 436 g/mol. The third kappa shape index (κ3) is 5.39. The van der Waals surface area contributed by atoms with E-state index in [1.807, 2.05) is 0 Å². The van der Waals surface area contributed by atoms with Crippen molar-refractivity contribution in [2.75, 3.05) is 13.1 Å². The van der Waals surface area contributed by atoms with E-state index in [4.69, 9.17) is 0 Å². The summed E-state index contributed by atoms with van der Waals surface area (Å²) in [6.45, 7) is -0.0664. The smallest absolute Gasteiger partial charge is 0.293 e. The highest BCUT2D eigenvalue weighted by molar-refractivity contribution is 8.18. The molecule has 2 aromatic rings. The molecule has 0 radical (unpaired) electrons. The van der Waals surface area contributed by atoms with Crippen molar-refractivity contribution in [3.8, 4) is 0 Å². The van der Waals surface area contributed by atoms with E-state index in [2.05, 4.69) is 15.3 Å². The van der Waals surface area contributed by atoms with Crippen LogP contribution in [0.2, 0.25) is 0 Å². The van der Waals surface area contributed by atoms with Crippen molar-refractivity contribution < 1.29 is 23.2 Å². The number of aromatic nitrogens is 2. The van der Waals surface area contributed by atoms with Crippen LogP contribution in [0.1, 0.15) is 15.9 Å². The maximum Gasteiger partial charge on any atom is 0.293 e. The number of alkyl halides is 2. The van der Waals surface area contributed by atoms with Gasteiger partial charge in [-0.05, 0) is 53.4 Å². The number of hydrogen-bond acceptors (Lipinski definition) is 7. The summed E-state index contributed by atoms with van der Waals surface area (Å²) in [7, 11) is 0. The molecule has 3 heterocycles. The molecule has 0 aromatic carbocycles. The molecule has 0 atom stereocenters. The molecule has 0 saturated carbocycles. The van der Waals surface area contributed by atoms with Crippen molar-refractivity contribution in [2.45, 2.75) is 10.8 Å². The Kier molecular flexibility index (Phi) is 6.94. The van der Waals surface area contributed by atoms with Crippen molar-refractivity contribution in [1.82, 2.24) is 20.2 Å². The first kappa shape index (κ1) is 20.9. The molecule has 0 aliphatic carbocycles. The van der Waals surface area contributed by atoms with Crippen LogP contribution in [-0.2, 0) is 4.79 Å². The van der Waals surface area contributed by atoms with Gasteiger partial charge in [0.25, 0.3) is 22.8 Å². The van der Waals surface area contributed by atoms with E-state index in [-0.39, 0.29) is 40.3 Å². The van der Waals surface area contributed by atoms with Crippen LogP contribution in [0.5, 0.6) is 0 Å². The molecule has 0 bridgehead atoms. The molecule has 11 heteroatoms. The predicted molar refractivity (Wildman–Crippen MR) is 105 cm³/mol. The highest BCUT2D eigenvalue weighted by atomic mass is 32.2. The molecule has 150 valence electrons. The lowest BCUT2D eigenvalue weighted by Gasteiger charge is -2.13. The normalized spacial score (nSPS) is 15.4. The molecule has 0 spiro atoms. The number of carbonyl (C=O) groups is 3. The van der Waals surface area contributed by atoms with E-state index in [1.165, 1.54) is 18.3 Å². The summed E-state index contributed by atoms with van der Waals surface area (Å²) < 4.78 is 25.2. The lowest BCUT2D eigenvalue weighted by Crippen LogP contribution is -2.37. The lowest BCUT2D eigenvalue weighted by atomic mass is 10.2. The third-order valence-electron chi connectivity index (χ3n) is 3.69. The van der Waals surface area contributed by atoms with Gasteiger partial charge in [0.2, 0.25) is 0 Å². The van der Waals surface area contributed by atoms with Crippen LogP contribution in [0.3, 0.4) is 0 Å². The molecule has 1 fully saturated rings. The van der Waals surface area contributed by atoms with E-state index < -0.39 is 22.8 Å². The number of halogens is 2. The van der Waals surface area contributed by atoms with Gasteiger partial charge in [0.05, 0.1) is 10.5 Å². The van der Waals surface area contributed by atoms with Gasteiger partial charge in [0.1, 0.15) is 5.03 Å². The van der Waals surface area contributed by atoms with Gasteiger partial charge in [0, 0.05) is 31.7 Å². The van der Waals surface area contributed by atoms with Gasteiger partial charge in [-0.3, -0.25) is 24.3 Å². The van der Waals surface area contributed by atoms with Gasteiger partial charge in [-0.1, -0.05) is 6.07 Å². The zero-order valence-corrected chi connectivity index (χ0v) is 16.4. The Morgan fingerprint density at radius 2 is 2.07 bits per heavy atom. The molecule has 3 rings (SSSR count). The molecule has 7 nitrogen and oxygen atoms in total. The first-order valence-corrected chi connectivity index (χ1v) is 9.98. The number of rotatable bonds is 7. The minimum Gasteiger partial charge on any atom is -0.350 e. The fraction of sp³-hybridized carbons (Fsp3) is 0.167. The van der Waals surface area contributed by atoms with Gasteiger partial charge in [0.15, 0.2) is 0 Å². The number of carbonyl (C=O) groups excluding carboxylic acids is 3. The quantitative estimate of drug-likeness (QED) is 0.526. The molecule has 1 aliphatic rings. The van der Waals surface area contributed by atoms with Crippen LogP contribution in [0.4, 0.5) is 13.6 Å². The van der Waals surface area contributed by atoms with E-state index in [9.17, 15) is 23.2 Å². The van der Waals surface area contributed by atoms with Gasteiger partial charge in [-0.25, -0.2) is 4.98 Å². The molecule has 1 saturated heterocycles. The summed E-state index contributed by atoms with van der Waals surface area (Å²) in [6, 6.07) is 6.31. The van der Waals surface area contributed by atoms with E-state index in [1.54, 1.807) is 30.6 Å². The van der Waals surface area contributed by atoms with E-state index >= 15 is 0 Å². The highest BCUT2D eigenvalue weighted by Gasteiger charge is 2.34. The predicted octanol–water partition coefficient (Wildman–Crippen LogP) is 3.26. The summed E-state index contributed by atoms with van der Waals surface area (Å²) in [4.78, 5) is 45.8. The second-order valence-corrected chi connectivity index (χ2v) is 7.58. The average molecular weight is 436 g/mol. The molecule has 29 heavy (non-hydrogen) atoms. The molecular formula is C18H14F2N4O3S2. The van der Waals surface area contributed by atoms with Crippen molar-refractivity contribution in [2.24, 2.45) is 0 Å². The summed E-state index contributed by atoms with van der Waals surface area (Å²) in [5, 5.41) is 1.98. The standard InChI is InChI=1S/C18H14F2N4O3S2/c19-17(20)29-15-12(4-2-6-23-15)14(25)22-7-8-24-16(26)13(28-18(24)27)9-11-3-1-5-21-10-11/h1-6,9-10,17H,7-8H2,(H,22,25)/b13-9+. The van der Waals surface area contributed by atoms with Gasteiger partial charge < -0.3 is 5.32 Å². The first-order valence-electron chi connectivity index (χ1n) is 8.29. The fourth-order valence-electron chi connectivity index (χ4n) is 2.42. The molecular weight excluding hydrogens is 422 g/mol. The molecule has 1 N–H and O–H groups in total. The number of nitrogens with zero attached hydrogens (tertiary/aromatic N) is 3. The van der Waals surface area contributed by atoms with Crippen molar-refractivity contribution in [3.63, 3.8) is 0 Å². The Morgan fingerprint density at radius 1 is 1.28 bits per heavy atom. The van der Waals surface area contributed by atoms with E-state index in [0.29, 0.717) is 5.56 Å². The maximum absolute atomic E-state index is 12.6. The molecule has 0 unspecified atom stereocenters. The Morgan fingerprint density at radius 3 is 2.79 bits per heavy atom. The topological polar surface area (TPSA) is 92.3 Å². The summed E-state index contributed by atoms with van der Waals surface area (Å²) in [5.41, 5.74) is 0.690. The van der Waals surface area contributed by atoms with Gasteiger partial charge in [-0.15, -0.1) is 0 Å². The second kappa shape index (κ2) is 9.61. The van der Waals surface area contributed by atoms with E-state index in [0.717, 1.165) is 16.7 Å². The minimum absolute atomic E-state index is 0.00316. The maximum atomic E-state index is 12.6. The van der Waals surface area contributed by atoms with Crippen LogP contribution in [0, 0.1) is 0 Å². The number of hydrogen-bond donors (Lipinski definition) is 1. The Labute approximate surface area is 173 Å². The number of imide groups is 1. The molecule has 2 aromatic heterocycles. The zero-order chi connectivity index (χ0) is 20.8. The number of amides is 3. The average Bonchev–Trinajstić information content (AvgIpc) is 2.96. The van der Waals surface area contributed by atoms with Crippen LogP contribution in [-0.4, -0.2) is 50.8 Å². The Balaban J connectivity index is 1.59. The van der Waals surface area contributed by atoms with Crippen molar-refractivity contribution >= 4 is 46.7 Å². The SMILES string of the molecule is O=C(NCCN1C(=O)S/C(=C/c2cccnc2)C1=O)c1cccnc1SC(F)F. The number of nitrogens with one attached hydrogen (secondary N) is 1. The molecule has 1 aliphatic heterocycles. The largest absolute Gasteiger partial charge is 0.350 e. The van der Waals surface area contributed by atoms with Crippen LogP contribution >= 0.6 is 23.5 Å². The first-order chi connectivity index (χ1) is 14.0. The lowest BCUT2D eigenvalue weighted by molar-refractivity contribution is -0.122. The summed E-state index contributed by atoms with van der Waals surface area (Å²) in [6.07, 6.45) is 6.05.